The van der Waals surface area contributed by atoms with Crippen molar-refractivity contribution >= 4 is 41.6 Å². The minimum Gasteiger partial charge on any atom is -0.497 e. The lowest BCUT2D eigenvalue weighted by atomic mass is 9.89. The number of ether oxygens (including phenoxy) is 4. The number of anilines is 1. The van der Waals surface area contributed by atoms with Gasteiger partial charge in [-0.2, -0.15) is 0 Å². The van der Waals surface area contributed by atoms with Crippen LogP contribution in [-0.2, 0) is 38.2 Å². The molecule has 2 saturated carbocycles. The number of nitrogens with two attached hydrogens (primary N) is 1. The average molecular weight is 1070 g/mol. The molecule has 4 aliphatic rings. The Balaban J connectivity index is 0.000000378. The summed E-state index contributed by atoms with van der Waals surface area (Å²) in [4.78, 5) is 76.9. The molecule has 424 valence electrons. The lowest BCUT2D eigenvalue weighted by molar-refractivity contribution is -0.127. The van der Waals surface area contributed by atoms with Crippen LogP contribution in [0.1, 0.15) is 133 Å². The highest BCUT2D eigenvalue weighted by Gasteiger charge is 2.28. The summed E-state index contributed by atoms with van der Waals surface area (Å²) in [5, 5.41) is 18.9. The molecule has 0 bridgehead atoms. The Morgan fingerprint density at radius 2 is 1.51 bits per heavy atom. The van der Waals surface area contributed by atoms with E-state index in [-0.39, 0.29) is 59.7 Å². The number of hydrogen-bond acceptors (Lipinski definition) is 13. The minimum absolute atomic E-state index is 0.0126. The second-order valence-electron chi connectivity index (χ2n) is 18.9. The van der Waals surface area contributed by atoms with Gasteiger partial charge in [0.05, 0.1) is 25.9 Å². The Labute approximate surface area is 449 Å². The predicted octanol–water partition coefficient (Wildman–Crippen LogP) is 6.54. The molecule has 1 aromatic carbocycles. The molecule has 3 atom stereocenters. The Morgan fingerprint density at radius 3 is 2.01 bits per heavy atom. The zero-order valence-corrected chi connectivity index (χ0v) is 45.4. The first-order chi connectivity index (χ1) is 36.8. The standard InChI is InChI=1S/C25H38N4O5.C10H19NO2.C7H7FO.C6H11NO.C5H5N.C3H7NO2/c1-18-9-10-22(34-18)25(32)29-20-11-14-26-21(17-20)24(31)28-13-6-16-33-15-5-12-27-23(30)19-7-3-2-4-8-19;11-10(12)7-4-8-13-9-5-2-1-3-6-9;1-9-7-4-2-3-6(8)5-7;1-5-3-6(8)7(2)4-5;1-2-4-6-5-3-1;5-2-1-4-3-6/h11,14,17-19,22H,2-10,12-13,15-16H2,1H3,(H,27,30)(H,28,31)(H,26,29,32);9H,1-8H2,(H2,11,12);2-5H,1H3;5H,3-4H2,1-2H3;1-5H;3,5H,1-2H2,(H,4,6). The van der Waals surface area contributed by atoms with Crippen LogP contribution < -0.4 is 31.7 Å². The minimum atomic E-state index is -0.450. The van der Waals surface area contributed by atoms with E-state index in [9.17, 15) is 33.2 Å². The SMILES string of the molecule is CC1CC(=O)N(C)C1.CC1CCC(C(=O)Nc2ccnc(C(=O)NCCCOCCCNC(=O)C3CCCCC3)c2)O1.COc1cccc(F)c1.NC(=O)CCCOC1CCCCC1.O=CNCCO.c1ccncc1. The molecule has 2 saturated heterocycles. The van der Waals surface area contributed by atoms with Crippen molar-refractivity contribution in [2.45, 2.75) is 141 Å². The molecule has 20 heteroatoms. The van der Waals surface area contributed by atoms with Crippen molar-refractivity contribution in [3.63, 3.8) is 0 Å². The van der Waals surface area contributed by atoms with E-state index in [1.165, 1.54) is 64.0 Å². The van der Waals surface area contributed by atoms with Crippen LogP contribution in [0.25, 0.3) is 0 Å². The quantitative estimate of drug-likeness (QED) is 0.0490. The van der Waals surface area contributed by atoms with Crippen LogP contribution in [0.3, 0.4) is 0 Å². The lowest BCUT2D eigenvalue weighted by Gasteiger charge is -2.21. The molecule has 4 heterocycles. The Bertz CT molecular complexity index is 2020. The summed E-state index contributed by atoms with van der Waals surface area (Å²) < 4.78 is 33.8. The zero-order valence-electron chi connectivity index (χ0n) is 45.4. The summed E-state index contributed by atoms with van der Waals surface area (Å²) in [6.45, 7) is 8.24. The number of primary amides is 1. The maximum atomic E-state index is 12.4. The van der Waals surface area contributed by atoms with E-state index in [1.807, 2.05) is 32.2 Å². The zero-order chi connectivity index (χ0) is 55.6. The first-order valence-corrected chi connectivity index (χ1v) is 26.9. The maximum Gasteiger partial charge on any atom is 0.269 e. The number of aliphatic hydroxyl groups excluding tert-OH is 1. The van der Waals surface area contributed by atoms with Gasteiger partial charge in [-0.1, -0.05) is 57.6 Å². The number of methoxy groups -OCH3 is 1. The number of rotatable bonds is 21. The molecule has 7 rings (SSSR count). The maximum absolute atomic E-state index is 12.4. The monoisotopic (exact) mass is 1070 g/mol. The molecule has 7 N–H and O–H groups in total. The number of benzene rings is 1. The second-order valence-corrected chi connectivity index (χ2v) is 18.9. The number of hydrogen-bond donors (Lipinski definition) is 6. The van der Waals surface area contributed by atoms with Crippen molar-refractivity contribution in [3.8, 4) is 5.75 Å². The summed E-state index contributed by atoms with van der Waals surface area (Å²) in [7, 11) is 3.36. The van der Waals surface area contributed by atoms with Crippen molar-refractivity contribution in [3.05, 3.63) is 84.7 Å². The first kappa shape index (κ1) is 66.0. The molecule has 76 heavy (non-hydrogen) atoms. The number of aromatic nitrogens is 2. The number of nitrogens with zero attached hydrogens (tertiary/aromatic N) is 3. The number of carbonyl (C=O) groups excluding carboxylic acids is 6. The van der Waals surface area contributed by atoms with Gasteiger partial charge in [0.25, 0.3) is 11.8 Å². The smallest absolute Gasteiger partial charge is 0.269 e. The van der Waals surface area contributed by atoms with Gasteiger partial charge in [-0.25, -0.2) is 4.39 Å². The highest BCUT2D eigenvalue weighted by molar-refractivity contribution is 5.97. The van der Waals surface area contributed by atoms with Crippen LogP contribution in [0.15, 0.2) is 73.2 Å². The van der Waals surface area contributed by atoms with Crippen LogP contribution >= 0.6 is 0 Å². The van der Waals surface area contributed by atoms with Crippen LogP contribution in [0.5, 0.6) is 5.75 Å². The number of likely N-dealkylation sites (tertiary alicyclic amines) is 1. The van der Waals surface area contributed by atoms with E-state index < -0.39 is 6.10 Å². The number of aliphatic hydroxyl groups is 1. The van der Waals surface area contributed by atoms with Crippen molar-refractivity contribution in [1.29, 1.82) is 0 Å². The number of amides is 6. The summed E-state index contributed by atoms with van der Waals surface area (Å²) in [6, 6.07) is 14.9. The number of halogens is 1. The van der Waals surface area contributed by atoms with Gasteiger partial charge >= 0.3 is 0 Å². The molecule has 0 radical (unpaired) electrons. The molecule has 4 fully saturated rings. The van der Waals surface area contributed by atoms with Gasteiger partial charge in [-0.15, -0.1) is 0 Å². The molecule has 2 aliphatic carbocycles. The van der Waals surface area contributed by atoms with E-state index >= 15 is 0 Å². The van der Waals surface area contributed by atoms with Crippen molar-refractivity contribution in [1.82, 2.24) is 30.8 Å². The van der Waals surface area contributed by atoms with E-state index in [4.69, 9.17) is 29.8 Å². The number of pyridine rings is 2. The van der Waals surface area contributed by atoms with Crippen LogP contribution in [0.2, 0.25) is 0 Å². The largest absolute Gasteiger partial charge is 0.497 e. The Hall–Kier alpha value is -6.09. The molecule has 2 aliphatic heterocycles. The summed E-state index contributed by atoms with van der Waals surface area (Å²) in [5.74, 6) is 0.789. The van der Waals surface area contributed by atoms with E-state index in [1.54, 1.807) is 41.6 Å². The fourth-order valence-electron chi connectivity index (χ4n) is 8.16. The normalized spacial score (nSPS) is 17.8. The van der Waals surface area contributed by atoms with Gasteiger partial charge in [0.1, 0.15) is 23.4 Å². The Kier molecular flexibility index (Phi) is 36.5. The van der Waals surface area contributed by atoms with Crippen LogP contribution in [-0.4, -0.2) is 141 Å². The van der Waals surface area contributed by atoms with E-state index in [0.717, 1.165) is 57.9 Å². The molecular weight excluding hydrogens is 980 g/mol. The topological polar surface area (TPSA) is 263 Å². The average Bonchev–Trinajstić information content (AvgIpc) is 4.01. The highest BCUT2D eigenvalue weighted by Crippen LogP contribution is 2.24. The van der Waals surface area contributed by atoms with Crippen LogP contribution in [0, 0.1) is 17.7 Å². The predicted molar refractivity (Wildman–Crippen MR) is 289 cm³/mol. The van der Waals surface area contributed by atoms with Gasteiger partial charge in [0.15, 0.2) is 0 Å². The number of nitrogens with one attached hydrogen (secondary N) is 4. The first-order valence-electron chi connectivity index (χ1n) is 26.9. The van der Waals surface area contributed by atoms with Gasteiger partial charge < -0.3 is 56.0 Å². The third-order valence-corrected chi connectivity index (χ3v) is 12.2. The van der Waals surface area contributed by atoms with E-state index in [0.29, 0.717) is 88.6 Å². The molecular formula is C56H87FN8O11. The van der Waals surface area contributed by atoms with Crippen LogP contribution in [0.4, 0.5) is 10.1 Å². The molecule has 3 aromatic rings. The summed E-state index contributed by atoms with van der Waals surface area (Å²) in [6.07, 6.45) is 22.5. The third kappa shape index (κ3) is 32.4. The van der Waals surface area contributed by atoms with Gasteiger partial charge in [0.2, 0.25) is 24.1 Å². The van der Waals surface area contributed by atoms with E-state index in [2.05, 4.69) is 38.2 Å². The molecule has 6 amide bonds. The third-order valence-electron chi connectivity index (χ3n) is 12.2. The fraction of sp³-hybridized carbons (Fsp3) is 0.607. The van der Waals surface area contributed by atoms with Crippen molar-refractivity contribution in [2.24, 2.45) is 17.6 Å². The molecule has 0 spiro atoms. The van der Waals surface area contributed by atoms with Crippen molar-refractivity contribution in [2.75, 3.05) is 72.1 Å². The van der Waals surface area contributed by atoms with Crippen molar-refractivity contribution < 1.29 is 57.2 Å². The second kappa shape index (κ2) is 42.1. The summed E-state index contributed by atoms with van der Waals surface area (Å²) in [5.41, 5.74) is 5.78. The molecule has 3 unspecified atom stereocenters. The Morgan fingerprint density at radius 1 is 0.829 bits per heavy atom. The van der Waals surface area contributed by atoms with Gasteiger partial charge in [0, 0.05) is 102 Å². The van der Waals surface area contributed by atoms with Gasteiger partial charge in [-0.3, -0.25) is 38.7 Å². The fourth-order valence-corrected chi connectivity index (χ4v) is 8.16. The molecule has 19 nitrogen and oxygen atoms in total. The number of carbonyl (C=O) groups is 6. The molecule has 2 aromatic heterocycles. The highest BCUT2D eigenvalue weighted by atomic mass is 19.1. The lowest BCUT2D eigenvalue weighted by Crippen LogP contribution is -2.33. The summed E-state index contributed by atoms with van der Waals surface area (Å²) >= 11 is 0. The van der Waals surface area contributed by atoms with Gasteiger partial charge in [-0.05, 0) is 107 Å².